The third-order valence-corrected chi connectivity index (χ3v) is 4.37. The maximum Gasteiger partial charge on any atom is 0.227 e. The molecule has 1 fully saturated rings. The number of nitrogens with one attached hydrogen (secondary N) is 1. The predicted molar refractivity (Wildman–Crippen MR) is 91.5 cm³/mol. The number of rotatable bonds is 6. The van der Waals surface area contributed by atoms with Crippen LogP contribution in [0.1, 0.15) is 57.1 Å². The SMILES string of the molecule is CC(NCc1nnnn1C(C)C)c1cccc(N2CCCC2=O)c1. The van der Waals surface area contributed by atoms with E-state index in [4.69, 9.17) is 0 Å². The number of anilines is 1. The molecule has 2 heterocycles. The molecule has 3 rings (SSSR count). The molecule has 1 N–H and O–H groups in total. The van der Waals surface area contributed by atoms with Crippen LogP contribution < -0.4 is 10.2 Å². The second-order valence-corrected chi connectivity index (χ2v) is 6.48. The summed E-state index contributed by atoms with van der Waals surface area (Å²) in [4.78, 5) is 13.8. The second-order valence-electron chi connectivity index (χ2n) is 6.48. The van der Waals surface area contributed by atoms with Crippen LogP contribution in [0, 0.1) is 0 Å². The van der Waals surface area contributed by atoms with Crippen LogP contribution in [0.2, 0.25) is 0 Å². The van der Waals surface area contributed by atoms with E-state index in [1.165, 1.54) is 0 Å². The molecule has 1 saturated heterocycles. The quantitative estimate of drug-likeness (QED) is 0.880. The van der Waals surface area contributed by atoms with Crippen molar-refractivity contribution < 1.29 is 4.79 Å². The Morgan fingerprint density at radius 3 is 2.83 bits per heavy atom. The van der Waals surface area contributed by atoms with E-state index in [-0.39, 0.29) is 18.0 Å². The Labute approximate surface area is 142 Å². The molecule has 2 aromatic rings. The van der Waals surface area contributed by atoms with Crippen molar-refractivity contribution in [3.8, 4) is 0 Å². The molecule has 7 nitrogen and oxygen atoms in total. The molecule has 1 atom stereocenters. The Balaban J connectivity index is 1.68. The third-order valence-electron chi connectivity index (χ3n) is 4.37. The number of carbonyl (C=O) groups excluding carboxylic acids is 1. The summed E-state index contributed by atoms with van der Waals surface area (Å²) in [7, 11) is 0. The van der Waals surface area contributed by atoms with Crippen molar-refractivity contribution in [3.63, 3.8) is 0 Å². The molecule has 1 aliphatic rings. The van der Waals surface area contributed by atoms with Crippen molar-refractivity contribution >= 4 is 11.6 Å². The molecule has 0 radical (unpaired) electrons. The first-order valence-electron chi connectivity index (χ1n) is 8.46. The molecule has 0 aliphatic carbocycles. The van der Waals surface area contributed by atoms with Gasteiger partial charge in [-0.1, -0.05) is 12.1 Å². The Kier molecular flexibility index (Phi) is 4.89. The number of carbonyl (C=O) groups is 1. The van der Waals surface area contributed by atoms with E-state index in [1.54, 1.807) is 0 Å². The molecule has 1 unspecified atom stereocenters. The molecule has 0 saturated carbocycles. The summed E-state index contributed by atoms with van der Waals surface area (Å²) in [6.07, 6.45) is 1.59. The van der Waals surface area contributed by atoms with E-state index in [0.717, 1.165) is 30.0 Å². The summed E-state index contributed by atoms with van der Waals surface area (Å²) in [6, 6.07) is 8.54. The summed E-state index contributed by atoms with van der Waals surface area (Å²) >= 11 is 0. The minimum atomic E-state index is 0.139. The smallest absolute Gasteiger partial charge is 0.227 e. The summed E-state index contributed by atoms with van der Waals surface area (Å²) in [5.74, 6) is 1.03. The molecular weight excluding hydrogens is 304 g/mol. The normalized spacial score (nSPS) is 16.2. The van der Waals surface area contributed by atoms with Gasteiger partial charge < -0.3 is 10.2 Å². The van der Waals surface area contributed by atoms with Gasteiger partial charge in [0.15, 0.2) is 5.82 Å². The van der Waals surface area contributed by atoms with Gasteiger partial charge in [-0.05, 0) is 55.3 Å². The van der Waals surface area contributed by atoms with E-state index in [1.807, 2.05) is 21.7 Å². The first kappa shape index (κ1) is 16.6. The third kappa shape index (κ3) is 3.46. The van der Waals surface area contributed by atoms with Crippen molar-refractivity contribution in [3.05, 3.63) is 35.7 Å². The summed E-state index contributed by atoms with van der Waals surface area (Å²) in [5.41, 5.74) is 2.13. The van der Waals surface area contributed by atoms with Crippen molar-refractivity contribution in [2.75, 3.05) is 11.4 Å². The van der Waals surface area contributed by atoms with Crippen LogP contribution in [-0.2, 0) is 11.3 Å². The Bertz CT molecular complexity index is 711. The highest BCUT2D eigenvalue weighted by Crippen LogP contribution is 2.24. The Morgan fingerprint density at radius 2 is 2.12 bits per heavy atom. The highest BCUT2D eigenvalue weighted by atomic mass is 16.2. The van der Waals surface area contributed by atoms with E-state index in [9.17, 15) is 4.79 Å². The molecule has 24 heavy (non-hydrogen) atoms. The van der Waals surface area contributed by atoms with Crippen LogP contribution in [0.5, 0.6) is 0 Å². The minimum Gasteiger partial charge on any atom is -0.312 e. The lowest BCUT2D eigenvalue weighted by Gasteiger charge is -2.19. The van der Waals surface area contributed by atoms with E-state index in [0.29, 0.717) is 13.0 Å². The Hall–Kier alpha value is -2.28. The van der Waals surface area contributed by atoms with Gasteiger partial charge in [0, 0.05) is 24.7 Å². The summed E-state index contributed by atoms with van der Waals surface area (Å²) in [5, 5.41) is 15.3. The predicted octanol–water partition coefficient (Wildman–Crippen LogP) is 2.23. The maximum atomic E-state index is 11.9. The van der Waals surface area contributed by atoms with Gasteiger partial charge in [0.1, 0.15) is 0 Å². The number of tetrazole rings is 1. The van der Waals surface area contributed by atoms with Gasteiger partial charge in [-0.15, -0.1) is 5.10 Å². The largest absolute Gasteiger partial charge is 0.312 e. The van der Waals surface area contributed by atoms with E-state index >= 15 is 0 Å². The van der Waals surface area contributed by atoms with Crippen molar-refractivity contribution in [1.29, 1.82) is 0 Å². The fraction of sp³-hybridized carbons (Fsp3) is 0.529. The zero-order valence-electron chi connectivity index (χ0n) is 14.4. The van der Waals surface area contributed by atoms with Crippen LogP contribution in [0.25, 0.3) is 0 Å². The number of hydrogen-bond acceptors (Lipinski definition) is 5. The monoisotopic (exact) mass is 328 g/mol. The molecule has 1 aromatic carbocycles. The van der Waals surface area contributed by atoms with Crippen LogP contribution >= 0.6 is 0 Å². The number of nitrogens with zero attached hydrogens (tertiary/aromatic N) is 5. The first-order chi connectivity index (χ1) is 11.6. The first-order valence-corrected chi connectivity index (χ1v) is 8.46. The summed E-state index contributed by atoms with van der Waals surface area (Å²) < 4.78 is 1.82. The van der Waals surface area contributed by atoms with E-state index in [2.05, 4.69) is 53.7 Å². The highest BCUT2D eigenvalue weighted by Gasteiger charge is 2.22. The van der Waals surface area contributed by atoms with Gasteiger partial charge in [-0.2, -0.15) is 0 Å². The van der Waals surface area contributed by atoms with Gasteiger partial charge in [0.05, 0.1) is 12.6 Å². The number of benzene rings is 1. The number of amides is 1. The van der Waals surface area contributed by atoms with Crippen molar-refractivity contribution in [2.24, 2.45) is 0 Å². The van der Waals surface area contributed by atoms with Gasteiger partial charge in [-0.3, -0.25) is 4.79 Å². The van der Waals surface area contributed by atoms with Gasteiger partial charge in [-0.25, -0.2) is 4.68 Å². The average molecular weight is 328 g/mol. The fourth-order valence-electron chi connectivity index (χ4n) is 2.98. The second kappa shape index (κ2) is 7.09. The lowest BCUT2D eigenvalue weighted by molar-refractivity contribution is -0.117. The van der Waals surface area contributed by atoms with Crippen molar-refractivity contribution in [2.45, 2.75) is 52.2 Å². The highest BCUT2D eigenvalue weighted by molar-refractivity contribution is 5.95. The molecule has 1 aliphatic heterocycles. The van der Waals surface area contributed by atoms with Gasteiger partial charge >= 0.3 is 0 Å². The fourth-order valence-corrected chi connectivity index (χ4v) is 2.98. The molecule has 1 aromatic heterocycles. The topological polar surface area (TPSA) is 75.9 Å². The van der Waals surface area contributed by atoms with E-state index < -0.39 is 0 Å². The van der Waals surface area contributed by atoms with Crippen LogP contribution in [-0.4, -0.2) is 32.7 Å². The lowest BCUT2D eigenvalue weighted by atomic mass is 10.1. The molecule has 7 heteroatoms. The zero-order chi connectivity index (χ0) is 17.1. The standard InChI is InChI=1S/C17H24N6O/c1-12(2)23-16(19-20-21-23)11-18-13(3)14-6-4-7-15(10-14)22-9-5-8-17(22)24/h4,6-7,10,12-13,18H,5,8-9,11H2,1-3H3. The zero-order valence-corrected chi connectivity index (χ0v) is 14.4. The minimum absolute atomic E-state index is 0.139. The summed E-state index contributed by atoms with van der Waals surface area (Å²) in [6.45, 7) is 7.63. The maximum absolute atomic E-state index is 11.9. The lowest BCUT2D eigenvalue weighted by Crippen LogP contribution is -2.25. The van der Waals surface area contributed by atoms with Crippen molar-refractivity contribution in [1.82, 2.24) is 25.5 Å². The van der Waals surface area contributed by atoms with Crippen LogP contribution in [0.4, 0.5) is 5.69 Å². The van der Waals surface area contributed by atoms with Gasteiger partial charge in [0.25, 0.3) is 0 Å². The molecular formula is C17H24N6O. The van der Waals surface area contributed by atoms with Crippen LogP contribution in [0.3, 0.4) is 0 Å². The molecule has 0 bridgehead atoms. The molecule has 1 amide bonds. The molecule has 0 spiro atoms. The number of hydrogen-bond donors (Lipinski definition) is 1. The van der Waals surface area contributed by atoms with Crippen LogP contribution in [0.15, 0.2) is 24.3 Å². The molecule has 128 valence electrons. The Morgan fingerprint density at radius 1 is 1.29 bits per heavy atom. The number of aromatic nitrogens is 4. The van der Waals surface area contributed by atoms with Gasteiger partial charge in [0.2, 0.25) is 5.91 Å². The average Bonchev–Trinajstić information content (AvgIpc) is 3.21.